The molecule has 0 bridgehead atoms. The Morgan fingerprint density at radius 2 is 1.44 bits per heavy atom. The largest absolute Gasteiger partial charge is 0.480 e. The van der Waals surface area contributed by atoms with Crippen molar-refractivity contribution in [2.75, 3.05) is 13.2 Å². The summed E-state index contributed by atoms with van der Waals surface area (Å²) in [7, 11) is 0. The van der Waals surface area contributed by atoms with Crippen LogP contribution in [-0.4, -0.2) is 77.2 Å². The molecule has 0 radical (unpaired) electrons. The van der Waals surface area contributed by atoms with Crippen LogP contribution in [-0.2, 0) is 19.2 Å². The monoisotopic (exact) mass is 459 g/mol. The van der Waals surface area contributed by atoms with Gasteiger partial charge in [-0.2, -0.15) is 0 Å². The predicted octanol–water partition coefficient (Wildman–Crippen LogP) is -2.79. The van der Waals surface area contributed by atoms with E-state index in [1.807, 2.05) is 0 Å². The number of nitrogens with zero attached hydrogens (tertiary/aromatic N) is 1. The van der Waals surface area contributed by atoms with Crippen molar-refractivity contribution in [2.24, 2.45) is 34.0 Å². The second kappa shape index (κ2) is 14.2. The lowest BCUT2D eigenvalue weighted by Crippen LogP contribution is -2.59. The fourth-order valence-corrected chi connectivity index (χ4v) is 2.58. The molecule has 0 aliphatic carbocycles. The van der Waals surface area contributed by atoms with E-state index in [9.17, 15) is 29.4 Å². The van der Waals surface area contributed by atoms with Crippen LogP contribution in [0, 0.1) is 11.8 Å². The van der Waals surface area contributed by atoms with Gasteiger partial charge in [-0.3, -0.25) is 19.4 Å². The summed E-state index contributed by atoms with van der Waals surface area (Å²) in [5, 5.41) is 26.1. The number of carbonyl (C=O) groups is 4. The molecule has 4 unspecified atom stereocenters. The molecular formula is C19H37N7O6. The number of hydrogen-bond donors (Lipinski definition) is 8. The van der Waals surface area contributed by atoms with Gasteiger partial charge in [-0.05, 0) is 24.7 Å². The quantitative estimate of drug-likeness (QED) is 0.0760. The highest BCUT2D eigenvalue weighted by Gasteiger charge is 2.31. The molecule has 184 valence electrons. The number of guanidine groups is 1. The lowest BCUT2D eigenvalue weighted by molar-refractivity contribution is -0.142. The van der Waals surface area contributed by atoms with Crippen LogP contribution in [0.2, 0.25) is 0 Å². The lowest BCUT2D eigenvalue weighted by atomic mass is 10.0. The molecule has 0 fully saturated rings. The van der Waals surface area contributed by atoms with Gasteiger partial charge in [0.15, 0.2) is 5.96 Å². The van der Waals surface area contributed by atoms with Crippen molar-refractivity contribution in [3.8, 4) is 0 Å². The Labute approximate surface area is 187 Å². The van der Waals surface area contributed by atoms with Crippen LogP contribution >= 0.6 is 0 Å². The average molecular weight is 460 g/mol. The van der Waals surface area contributed by atoms with Gasteiger partial charge in [-0.1, -0.05) is 27.7 Å². The number of amides is 3. The smallest absolute Gasteiger partial charge is 0.326 e. The van der Waals surface area contributed by atoms with E-state index >= 15 is 0 Å². The highest BCUT2D eigenvalue weighted by molar-refractivity contribution is 5.94. The minimum Gasteiger partial charge on any atom is -0.480 e. The molecule has 11 N–H and O–H groups in total. The summed E-state index contributed by atoms with van der Waals surface area (Å²) < 4.78 is 0. The number of rotatable bonds is 14. The van der Waals surface area contributed by atoms with E-state index in [4.69, 9.17) is 17.2 Å². The Kier molecular flexibility index (Phi) is 12.9. The lowest BCUT2D eigenvalue weighted by Gasteiger charge is -2.26. The van der Waals surface area contributed by atoms with Crippen molar-refractivity contribution in [3.63, 3.8) is 0 Å². The Morgan fingerprint density at radius 3 is 1.88 bits per heavy atom. The van der Waals surface area contributed by atoms with Crippen LogP contribution in [0.15, 0.2) is 4.99 Å². The third-order valence-electron chi connectivity index (χ3n) is 4.64. The zero-order valence-corrected chi connectivity index (χ0v) is 19.0. The maximum Gasteiger partial charge on any atom is 0.326 e. The summed E-state index contributed by atoms with van der Waals surface area (Å²) in [6.45, 7) is 6.25. The van der Waals surface area contributed by atoms with Gasteiger partial charge >= 0.3 is 5.97 Å². The second-order valence-electron chi connectivity index (χ2n) is 8.09. The Bertz CT molecular complexity index is 679. The van der Waals surface area contributed by atoms with Crippen molar-refractivity contribution in [3.05, 3.63) is 0 Å². The summed E-state index contributed by atoms with van der Waals surface area (Å²) in [6, 6.07) is -4.52. The van der Waals surface area contributed by atoms with E-state index in [0.29, 0.717) is 6.42 Å². The first kappa shape index (κ1) is 29.1. The van der Waals surface area contributed by atoms with Crippen molar-refractivity contribution in [1.82, 2.24) is 16.0 Å². The maximum atomic E-state index is 12.7. The molecule has 0 aromatic rings. The molecule has 0 aromatic heterocycles. The second-order valence-corrected chi connectivity index (χ2v) is 8.09. The highest BCUT2D eigenvalue weighted by Crippen LogP contribution is 2.06. The molecule has 4 atom stereocenters. The molecule has 0 saturated heterocycles. The van der Waals surface area contributed by atoms with Gasteiger partial charge < -0.3 is 43.4 Å². The van der Waals surface area contributed by atoms with Crippen molar-refractivity contribution in [2.45, 2.75) is 64.7 Å². The number of aliphatic carboxylic acids is 1. The van der Waals surface area contributed by atoms with Crippen molar-refractivity contribution >= 4 is 29.7 Å². The van der Waals surface area contributed by atoms with Crippen LogP contribution in [0.5, 0.6) is 0 Å². The van der Waals surface area contributed by atoms with Gasteiger partial charge in [0.2, 0.25) is 17.7 Å². The van der Waals surface area contributed by atoms with Gasteiger partial charge in [-0.25, -0.2) is 4.79 Å². The van der Waals surface area contributed by atoms with E-state index < -0.39 is 60.4 Å². The number of carboxylic acid groups (broad SMARTS) is 1. The van der Waals surface area contributed by atoms with E-state index in [1.165, 1.54) is 0 Å². The first-order chi connectivity index (χ1) is 14.8. The first-order valence-electron chi connectivity index (χ1n) is 10.4. The third-order valence-corrected chi connectivity index (χ3v) is 4.64. The first-order valence-corrected chi connectivity index (χ1v) is 10.4. The number of carbonyl (C=O) groups excluding carboxylic acids is 3. The molecule has 32 heavy (non-hydrogen) atoms. The van der Waals surface area contributed by atoms with Crippen LogP contribution in [0.25, 0.3) is 0 Å². The Morgan fingerprint density at radius 1 is 0.875 bits per heavy atom. The van der Waals surface area contributed by atoms with Crippen LogP contribution in [0.1, 0.15) is 40.5 Å². The molecule has 13 nitrogen and oxygen atoms in total. The van der Waals surface area contributed by atoms with Gasteiger partial charge in [0.1, 0.15) is 18.1 Å². The van der Waals surface area contributed by atoms with Crippen LogP contribution in [0.3, 0.4) is 0 Å². The molecular weight excluding hydrogens is 422 g/mol. The fraction of sp³-hybridized carbons (Fsp3) is 0.737. The number of hydrogen-bond acceptors (Lipinski definition) is 7. The molecule has 13 heteroatoms. The highest BCUT2D eigenvalue weighted by atomic mass is 16.4. The van der Waals surface area contributed by atoms with Crippen molar-refractivity contribution in [1.29, 1.82) is 0 Å². The van der Waals surface area contributed by atoms with E-state index in [2.05, 4.69) is 20.9 Å². The molecule has 0 aromatic carbocycles. The third kappa shape index (κ3) is 10.4. The summed E-state index contributed by atoms with van der Waals surface area (Å²) in [5.41, 5.74) is 16.2. The topological polar surface area (TPSA) is 235 Å². The fourth-order valence-electron chi connectivity index (χ4n) is 2.58. The van der Waals surface area contributed by atoms with E-state index in [1.54, 1.807) is 27.7 Å². The zero-order valence-electron chi connectivity index (χ0n) is 19.0. The minimum absolute atomic E-state index is 0.0685. The normalized spacial score (nSPS) is 14.8. The van der Waals surface area contributed by atoms with Crippen LogP contribution in [0.4, 0.5) is 0 Å². The Hall–Kier alpha value is -2.93. The number of aliphatic hydroxyl groups excluding tert-OH is 1. The van der Waals surface area contributed by atoms with Gasteiger partial charge in [0.05, 0.1) is 12.6 Å². The molecule has 0 rings (SSSR count). The van der Waals surface area contributed by atoms with E-state index in [-0.39, 0.29) is 24.8 Å². The summed E-state index contributed by atoms with van der Waals surface area (Å²) >= 11 is 0. The molecule has 0 aliphatic rings. The van der Waals surface area contributed by atoms with Gasteiger partial charge in [0, 0.05) is 6.54 Å². The average Bonchev–Trinajstić information content (AvgIpc) is 2.70. The Balaban J connectivity index is 5.15. The predicted molar refractivity (Wildman–Crippen MR) is 118 cm³/mol. The number of aliphatic imine (C=N–C) groups is 1. The molecule has 0 spiro atoms. The molecule has 0 heterocycles. The molecule has 3 amide bonds. The summed E-state index contributed by atoms with van der Waals surface area (Å²) in [4.78, 5) is 52.6. The van der Waals surface area contributed by atoms with Gasteiger partial charge in [0.25, 0.3) is 0 Å². The summed E-state index contributed by atoms with van der Waals surface area (Å²) in [6.07, 6.45) is 0.377. The minimum atomic E-state index is -1.32. The maximum absolute atomic E-state index is 12.7. The number of nitrogens with one attached hydrogen (secondary N) is 3. The van der Waals surface area contributed by atoms with Gasteiger partial charge in [-0.15, -0.1) is 0 Å². The zero-order chi connectivity index (χ0) is 25.0. The van der Waals surface area contributed by atoms with E-state index in [0.717, 1.165) is 0 Å². The molecule has 0 saturated carbocycles. The summed E-state index contributed by atoms with van der Waals surface area (Å²) in [5.74, 6) is -4.11. The standard InChI is InChI=1S/C19H37N7O6/c1-9(2)13(20)16(29)25-12(8-27)15(28)26-14(10(3)4)17(30)24-11(18(31)32)6-5-7-23-19(21)22/h9-14,27H,5-8,20H2,1-4H3,(H,24,30)(H,25,29)(H,26,28)(H,31,32)(H4,21,22,23). The van der Waals surface area contributed by atoms with Crippen molar-refractivity contribution < 1.29 is 29.4 Å². The SMILES string of the molecule is CC(C)C(N)C(=O)NC(CO)C(=O)NC(C(=O)NC(CCCN=C(N)N)C(=O)O)C(C)C. The number of nitrogens with two attached hydrogens (primary N) is 3. The molecule has 0 aliphatic heterocycles. The number of aliphatic hydroxyl groups is 1. The van der Waals surface area contributed by atoms with Crippen LogP contribution < -0.4 is 33.2 Å². The number of carboxylic acids is 1.